The number of hydrogen-bond donors (Lipinski definition) is 3. The Morgan fingerprint density at radius 1 is 0.962 bits per heavy atom. The molecular formula is C20H25ClN3O2+. The van der Waals surface area contributed by atoms with Crippen molar-refractivity contribution in [3.05, 3.63) is 59.1 Å². The molecule has 26 heavy (non-hydrogen) atoms. The lowest BCUT2D eigenvalue weighted by Crippen LogP contribution is -3.11. The molecule has 2 aromatic carbocycles. The number of likely N-dealkylation sites (N-methyl/N-ethyl adjacent to an activating group) is 1. The lowest BCUT2D eigenvalue weighted by molar-refractivity contribution is -0.862. The fraction of sp³-hybridized carbons (Fsp3) is 0.300. The summed E-state index contributed by atoms with van der Waals surface area (Å²) in [7, 11) is 1.81. The van der Waals surface area contributed by atoms with Gasteiger partial charge >= 0.3 is 0 Å². The van der Waals surface area contributed by atoms with E-state index in [9.17, 15) is 9.59 Å². The van der Waals surface area contributed by atoms with Crippen LogP contribution in [-0.4, -0.2) is 32.0 Å². The molecule has 0 radical (unpaired) electrons. The summed E-state index contributed by atoms with van der Waals surface area (Å²) in [6.07, 6.45) is 0. The Balaban J connectivity index is 1.85. The molecule has 0 aromatic heterocycles. The van der Waals surface area contributed by atoms with Gasteiger partial charge in [0.05, 0.1) is 7.05 Å². The van der Waals surface area contributed by atoms with Gasteiger partial charge in [0, 0.05) is 16.4 Å². The summed E-state index contributed by atoms with van der Waals surface area (Å²) < 4.78 is 0. The Labute approximate surface area is 159 Å². The maximum atomic E-state index is 12.3. The second-order valence-electron chi connectivity index (χ2n) is 6.66. The maximum absolute atomic E-state index is 12.3. The highest BCUT2D eigenvalue weighted by atomic mass is 35.5. The van der Waals surface area contributed by atoms with Crippen molar-refractivity contribution in [1.29, 1.82) is 0 Å². The number of para-hydroxylation sites is 1. The molecule has 2 amide bonds. The lowest BCUT2D eigenvalue weighted by atomic mass is 10.0. The van der Waals surface area contributed by atoms with Crippen molar-refractivity contribution < 1.29 is 14.5 Å². The topological polar surface area (TPSA) is 62.6 Å². The predicted octanol–water partition coefficient (Wildman–Crippen LogP) is 2.56. The molecule has 2 aromatic rings. The third kappa shape index (κ3) is 6.17. The van der Waals surface area contributed by atoms with E-state index in [4.69, 9.17) is 11.6 Å². The molecule has 0 aliphatic carbocycles. The quantitative estimate of drug-likeness (QED) is 0.697. The number of carbonyl (C=O) groups excluding carboxylic acids is 2. The van der Waals surface area contributed by atoms with Gasteiger partial charge in [0.2, 0.25) is 0 Å². The Bertz CT molecular complexity index is 760. The van der Waals surface area contributed by atoms with Crippen LogP contribution < -0.4 is 15.5 Å². The SMILES string of the molecule is CC(C)c1ccccc1NC(=O)C[NH+](C)CC(=O)Nc1ccc(Cl)cc1. The molecule has 3 N–H and O–H groups in total. The maximum Gasteiger partial charge on any atom is 0.279 e. The summed E-state index contributed by atoms with van der Waals surface area (Å²) >= 11 is 5.83. The minimum absolute atomic E-state index is 0.116. The monoisotopic (exact) mass is 374 g/mol. The van der Waals surface area contributed by atoms with Gasteiger partial charge in [0.1, 0.15) is 0 Å². The fourth-order valence-electron chi connectivity index (χ4n) is 2.66. The van der Waals surface area contributed by atoms with Crippen LogP contribution in [0, 0.1) is 0 Å². The minimum Gasteiger partial charge on any atom is -0.322 e. The highest BCUT2D eigenvalue weighted by Crippen LogP contribution is 2.23. The number of halogens is 1. The Kier molecular flexibility index (Phi) is 7.18. The van der Waals surface area contributed by atoms with Gasteiger partial charge in [0.15, 0.2) is 13.1 Å². The van der Waals surface area contributed by atoms with E-state index in [-0.39, 0.29) is 24.9 Å². The molecule has 0 spiro atoms. The lowest BCUT2D eigenvalue weighted by Gasteiger charge is -2.16. The Hall–Kier alpha value is -2.37. The summed E-state index contributed by atoms with van der Waals surface area (Å²) in [5, 5.41) is 6.36. The van der Waals surface area contributed by atoms with Crippen LogP contribution in [0.4, 0.5) is 11.4 Å². The molecule has 0 saturated carbocycles. The van der Waals surface area contributed by atoms with E-state index in [2.05, 4.69) is 24.5 Å². The summed E-state index contributed by atoms with van der Waals surface area (Å²) in [6, 6.07) is 14.7. The largest absolute Gasteiger partial charge is 0.322 e. The van der Waals surface area contributed by atoms with Gasteiger partial charge in [-0.3, -0.25) is 9.59 Å². The number of rotatable bonds is 7. The Morgan fingerprint density at radius 3 is 2.15 bits per heavy atom. The molecule has 138 valence electrons. The Morgan fingerprint density at radius 2 is 1.54 bits per heavy atom. The standard InChI is InChI=1S/C20H24ClN3O2/c1-14(2)17-6-4-5-7-18(17)23-20(26)13-24(3)12-19(25)22-16-10-8-15(21)9-11-16/h4-11,14H,12-13H2,1-3H3,(H,22,25)(H,23,26)/p+1. The van der Waals surface area contributed by atoms with E-state index in [1.807, 2.05) is 31.3 Å². The summed E-state index contributed by atoms with van der Waals surface area (Å²) in [4.78, 5) is 25.2. The highest BCUT2D eigenvalue weighted by molar-refractivity contribution is 6.30. The number of amides is 2. The van der Waals surface area contributed by atoms with Gasteiger partial charge in [-0.1, -0.05) is 43.6 Å². The third-order valence-corrected chi connectivity index (χ3v) is 4.16. The van der Waals surface area contributed by atoms with E-state index in [0.29, 0.717) is 16.6 Å². The van der Waals surface area contributed by atoms with Crippen LogP contribution in [0.1, 0.15) is 25.3 Å². The first-order valence-electron chi connectivity index (χ1n) is 8.60. The fourth-order valence-corrected chi connectivity index (χ4v) is 2.78. The van der Waals surface area contributed by atoms with Crippen LogP contribution in [0.3, 0.4) is 0 Å². The highest BCUT2D eigenvalue weighted by Gasteiger charge is 2.16. The first kappa shape index (κ1) is 19.9. The smallest absolute Gasteiger partial charge is 0.279 e. The van der Waals surface area contributed by atoms with E-state index in [1.54, 1.807) is 24.3 Å². The summed E-state index contributed by atoms with van der Waals surface area (Å²) in [5.41, 5.74) is 2.60. The molecule has 0 heterocycles. The molecule has 0 bridgehead atoms. The van der Waals surface area contributed by atoms with E-state index >= 15 is 0 Å². The van der Waals surface area contributed by atoms with Crippen LogP contribution in [0.2, 0.25) is 5.02 Å². The number of quaternary nitrogens is 1. The van der Waals surface area contributed by atoms with Crippen LogP contribution >= 0.6 is 11.6 Å². The third-order valence-electron chi connectivity index (χ3n) is 3.91. The molecule has 5 nitrogen and oxygen atoms in total. The molecule has 0 saturated heterocycles. The zero-order chi connectivity index (χ0) is 19.1. The van der Waals surface area contributed by atoms with Crippen molar-refractivity contribution in [3.63, 3.8) is 0 Å². The molecule has 0 fully saturated rings. The van der Waals surface area contributed by atoms with E-state index in [1.165, 1.54) is 0 Å². The van der Waals surface area contributed by atoms with Crippen molar-refractivity contribution in [2.75, 3.05) is 30.8 Å². The predicted molar refractivity (Wildman–Crippen MR) is 106 cm³/mol. The van der Waals surface area contributed by atoms with Crippen molar-refractivity contribution in [2.24, 2.45) is 0 Å². The number of carbonyl (C=O) groups is 2. The van der Waals surface area contributed by atoms with Gasteiger partial charge in [-0.05, 0) is 41.8 Å². The number of hydrogen-bond acceptors (Lipinski definition) is 2. The molecule has 2 rings (SSSR count). The van der Waals surface area contributed by atoms with Crippen LogP contribution in [0.5, 0.6) is 0 Å². The van der Waals surface area contributed by atoms with E-state index in [0.717, 1.165) is 16.2 Å². The number of anilines is 2. The normalized spacial score (nSPS) is 11.9. The van der Waals surface area contributed by atoms with Gasteiger partial charge in [0.25, 0.3) is 11.8 Å². The van der Waals surface area contributed by atoms with E-state index < -0.39 is 0 Å². The van der Waals surface area contributed by atoms with Crippen molar-refractivity contribution in [3.8, 4) is 0 Å². The zero-order valence-corrected chi connectivity index (χ0v) is 16.1. The van der Waals surface area contributed by atoms with Gasteiger partial charge in [-0.25, -0.2) is 0 Å². The first-order chi connectivity index (χ1) is 12.3. The summed E-state index contributed by atoms with van der Waals surface area (Å²) in [5.74, 6) is 0.0526. The first-order valence-corrected chi connectivity index (χ1v) is 8.98. The van der Waals surface area contributed by atoms with Crippen LogP contribution in [-0.2, 0) is 9.59 Å². The van der Waals surface area contributed by atoms with Gasteiger partial charge in [-0.15, -0.1) is 0 Å². The molecule has 6 heteroatoms. The zero-order valence-electron chi connectivity index (χ0n) is 15.3. The van der Waals surface area contributed by atoms with Crippen molar-refractivity contribution in [1.82, 2.24) is 0 Å². The molecular weight excluding hydrogens is 350 g/mol. The molecule has 1 atom stereocenters. The van der Waals surface area contributed by atoms with Crippen LogP contribution in [0.25, 0.3) is 0 Å². The molecule has 0 aliphatic rings. The minimum atomic E-state index is -0.153. The van der Waals surface area contributed by atoms with Crippen molar-refractivity contribution in [2.45, 2.75) is 19.8 Å². The molecule has 0 aliphatic heterocycles. The van der Waals surface area contributed by atoms with Crippen molar-refractivity contribution >= 4 is 34.8 Å². The average molecular weight is 375 g/mol. The van der Waals surface area contributed by atoms with Gasteiger partial charge in [-0.2, -0.15) is 0 Å². The molecule has 1 unspecified atom stereocenters. The number of nitrogens with one attached hydrogen (secondary N) is 3. The second-order valence-corrected chi connectivity index (χ2v) is 7.09. The average Bonchev–Trinajstić information content (AvgIpc) is 2.56. The second kappa shape index (κ2) is 9.36. The number of benzene rings is 2. The van der Waals surface area contributed by atoms with Gasteiger partial charge < -0.3 is 15.5 Å². The summed E-state index contributed by atoms with van der Waals surface area (Å²) in [6.45, 7) is 4.58. The van der Waals surface area contributed by atoms with Crippen LogP contribution in [0.15, 0.2) is 48.5 Å².